The van der Waals surface area contributed by atoms with Crippen LogP contribution in [0.4, 0.5) is 5.69 Å². The van der Waals surface area contributed by atoms with Gasteiger partial charge in [0, 0.05) is 11.8 Å². The lowest BCUT2D eigenvalue weighted by Crippen LogP contribution is -2.07. The maximum atomic E-state index is 12.0. The molecular formula is C21H25NO. The third-order valence-corrected chi connectivity index (χ3v) is 4.20. The van der Waals surface area contributed by atoms with E-state index in [4.69, 9.17) is 0 Å². The van der Waals surface area contributed by atoms with Crippen LogP contribution in [0.25, 0.3) is 6.08 Å². The zero-order chi connectivity index (χ0) is 16.8. The Bertz CT molecular complexity index is 698. The van der Waals surface area contributed by atoms with Crippen molar-refractivity contribution in [2.45, 2.75) is 40.0 Å². The highest BCUT2D eigenvalue weighted by Crippen LogP contribution is 2.20. The first-order chi connectivity index (χ1) is 11.0. The van der Waals surface area contributed by atoms with Gasteiger partial charge in [-0.2, -0.15) is 0 Å². The van der Waals surface area contributed by atoms with E-state index in [0.717, 1.165) is 17.7 Å². The van der Waals surface area contributed by atoms with Crippen molar-refractivity contribution in [3.63, 3.8) is 0 Å². The summed E-state index contributed by atoms with van der Waals surface area (Å²) in [6, 6.07) is 14.3. The summed E-state index contributed by atoms with van der Waals surface area (Å²) in [5, 5.41) is 2.90. The normalized spacial score (nSPS) is 12.3. The van der Waals surface area contributed by atoms with Crippen molar-refractivity contribution in [3.8, 4) is 0 Å². The number of carbonyl (C=O) groups is 1. The summed E-state index contributed by atoms with van der Waals surface area (Å²) in [5.74, 6) is 0.436. The molecule has 0 unspecified atom stereocenters. The summed E-state index contributed by atoms with van der Waals surface area (Å²) in [5.41, 5.74) is 5.60. The second-order valence-electron chi connectivity index (χ2n) is 6.11. The Morgan fingerprint density at radius 2 is 1.83 bits per heavy atom. The lowest BCUT2D eigenvalue weighted by molar-refractivity contribution is -0.111. The van der Waals surface area contributed by atoms with Crippen molar-refractivity contribution in [3.05, 3.63) is 70.8 Å². The molecule has 2 nitrogen and oxygen atoms in total. The molecule has 0 heterocycles. The van der Waals surface area contributed by atoms with E-state index in [2.05, 4.69) is 57.3 Å². The van der Waals surface area contributed by atoms with Crippen molar-refractivity contribution >= 4 is 17.7 Å². The van der Waals surface area contributed by atoms with E-state index >= 15 is 0 Å². The molecular weight excluding hydrogens is 282 g/mol. The van der Waals surface area contributed by atoms with Gasteiger partial charge in [0.25, 0.3) is 0 Å². The van der Waals surface area contributed by atoms with Gasteiger partial charge in [-0.3, -0.25) is 4.79 Å². The molecule has 0 aliphatic rings. The maximum absolute atomic E-state index is 12.0. The zero-order valence-electron chi connectivity index (χ0n) is 14.4. The standard InChI is InChI=1S/C21H25NO/c1-5-16(3)18-8-11-20(12-9-18)22-21(23)13-10-19-7-6-15(2)14-17(19)4/h6-14,16H,5H2,1-4H3,(H,22,23)/b13-10+/t16-/m1/s1. The van der Waals surface area contributed by atoms with E-state index in [0.29, 0.717) is 5.92 Å². The summed E-state index contributed by atoms with van der Waals surface area (Å²) >= 11 is 0. The molecule has 0 saturated heterocycles. The number of rotatable bonds is 5. The Hall–Kier alpha value is -2.35. The molecule has 1 N–H and O–H groups in total. The fourth-order valence-electron chi connectivity index (χ4n) is 2.49. The van der Waals surface area contributed by atoms with E-state index < -0.39 is 0 Å². The fourth-order valence-corrected chi connectivity index (χ4v) is 2.49. The molecule has 1 atom stereocenters. The highest BCUT2D eigenvalue weighted by atomic mass is 16.1. The quantitative estimate of drug-likeness (QED) is 0.729. The first kappa shape index (κ1) is 17.0. The number of nitrogens with one attached hydrogen (secondary N) is 1. The van der Waals surface area contributed by atoms with Crippen molar-refractivity contribution in [1.29, 1.82) is 0 Å². The van der Waals surface area contributed by atoms with Gasteiger partial charge in [-0.1, -0.05) is 49.7 Å². The van der Waals surface area contributed by atoms with Crippen LogP contribution >= 0.6 is 0 Å². The highest BCUT2D eigenvalue weighted by molar-refractivity contribution is 6.02. The van der Waals surface area contributed by atoms with Crippen LogP contribution in [0.1, 0.15) is 48.4 Å². The van der Waals surface area contributed by atoms with Gasteiger partial charge in [-0.15, -0.1) is 0 Å². The Kier molecular flexibility index (Phi) is 5.75. The first-order valence-corrected chi connectivity index (χ1v) is 8.16. The van der Waals surface area contributed by atoms with Gasteiger partial charge >= 0.3 is 0 Å². The highest BCUT2D eigenvalue weighted by Gasteiger charge is 2.03. The molecule has 2 aromatic rings. The Balaban J connectivity index is 2.00. The Morgan fingerprint density at radius 3 is 2.43 bits per heavy atom. The molecule has 0 spiro atoms. The number of aryl methyl sites for hydroxylation is 2. The van der Waals surface area contributed by atoms with Gasteiger partial charge in [-0.25, -0.2) is 0 Å². The minimum absolute atomic E-state index is 0.110. The second-order valence-corrected chi connectivity index (χ2v) is 6.11. The van der Waals surface area contributed by atoms with E-state index in [1.807, 2.05) is 24.3 Å². The van der Waals surface area contributed by atoms with Crippen molar-refractivity contribution < 1.29 is 4.79 Å². The molecule has 0 aliphatic carbocycles. The van der Waals surface area contributed by atoms with Crippen LogP contribution in [0.5, 0.6) is 0 Å². The molecule has 0 aromatic heterocycles. The number of anilines is 1. The molecule has 23 heavy (non-hydrogen) atoms. The van der Waals surface area contributed by atoms with E-state index in [9.17, 15) is 4.79 Å². The van der Waals surface area contributed by atoms with E-state index in [1.54, 1.807) is 6.08 Å². The smallest absolute Gasteiger partial charge is 0.248 e. The Labute approximate surface area is 139 Å². The summed E-state index contributed by atoms with van der Waals surface area (Å²) in [4.78, 5) is 12.0. The van der Waals surface area contributed by atoms with Crippen LogP contribution in [-0.2, 0) is 4.79 Å². The predicted octanol–water partition coefficient (Wildman–Crippen LogP) is 5.47. The molecule has 0 saturated carbocycles. The van der Waals surface area contributed by atoms with Crippen LogP contribution in [0.3, 0.4) is 0 Å². The van der Waals surface area contributed by atoms with Crippen molar-refractivity contribution in [2.24, 2.45) is 0 Å². The van der Waals surface area contributed by atoms with Crippen LogP contribution in [0, 0.1) is 13.8 Å². The van der Waals surface area contributed by atoms with E-state index in [-0.39, 0.29) is 5.91 Å². The number of hydrogen-bond donors (Lipinski definition) is 1. The lowest BCUT2D eigenvalue weighted by atomic mass is 9.99. The molecule has 0 bridgehead atoms. The lowest BCUT2D eigenvalue weighted by Gasteiger charge is -2.10. The van der Waals surface area contributed by atoms with Gasteiger partial charge in [-0.05, 0) is 61.1 Å². The van der Waals surface area contributed by atoms with Gasteiger partial charge < -0.3 is 5.32 Å². The Morgan fingerprint density at radius 1 is 1.13 bits per heavy atom. The second kappa shape index (κ2) is 7.77. The van der Waals surface area contributed by atoms with Gasteiger partial charge in [0.2, 0.25) is 5.91 Å². The van der Waals surface area contributed by atoms with Crippen molar-refractivity contribution in [2.75, 3.05) is 5.32 Å². The zero-order valence-corrected chi connectivity index (χ0v) is 14.4. The molecule has 2 rings (SSSR count). The van der Waals surface area contributed by atoms with Crippen molar-refractivity contribution in [1.82, 2.24) is 0 Å². The molecule has 0 aliphatic heterocycles. The third kappa shape index (κ3) is 4.82. The maximum Gasteiger partial charge on any atom is 0.248 e. The monoisotopic (exact) mass is 307 g/mol. The fraction of sp³-hybridized carbons (Fsp3) is 0.286. The van der Waals surface area contributed by atoms with Crippen LogP contribution in [-0.4, -0.2) is 5.91 Å². The summed E-state index contributed by atoms with van der Waals surface area (Å²) in [6.07, 6.45) is 4.56. The summed E-state index contributed by atoms with van der Waals surface area (Å²) in [6.45, 7) is 8.51. The number of benzene rings is 2. The average molecular weight is 307 g/mol. The molecule has 0 fully saturated rings. The minimum atomic E-state index is -0.110. The number of carbonyl (C=O) groups excluding carboxylic acids is 1. The summed E-state index contributed by atoms with van der Waals surface area (Å²) in [7, 11) is 0. The van der Waals surface area contributed by atoms with Crippen LogP contribution in [0.15, 0.2) is 48.5 Å². The van der Waals surface area contributed by atoms with Crippen LogP contribution in [0.2, 0.25) is 0 Å². The number of amides is 1. The molecule has 120 valence electrons. The van der Waals surface area contributed by atoms with E-state index in [1.165, 1.54) is 16.7 Å². The SMILES string of the molecule is CC[C@@H](C)c1ccc(NC(=O)/C=C/c2ccc(C)cc2C)cc1. The number of hydrogen-bond acceptors (Lipinski definition) is 1. The largest absolute Gasteiger partial charge is 0.323 e. The molecule has 2 aromatic carbocycles. The van der Waals surface area contributed by atoms with Gasteiger partial charge in [0.15, 0.2) is 0 Å². The third-order valence-electron chi connectivity index (χ3n) is 4.20. The first-order valence-electron chi connectivity index (χ1n) is 8.16. The average Bonchev–Trinajstić information content (AvgIpc) is 2.54. The summed E-state index contributed by atoms with van der Waals surface area (Å²) < 4.78 is 0. The molecule has 1 amide bonds. The topological polar surface area (TPSA) is 29.1 Å². The van der Waals surface area contributed by atoms with Gasteiger partial charge in [0.05, 0.1) is 0 Å². The molecule has 2 heteroatoms. The van der Waals surface area contributed by atoms with Crippen LogP contribution < -0.4 is 5.32 Å². The predicted molar refractivity (Wildman–Crippen MR) is 98.7 cm³/mol. The van der Waals surface area contributed by atoms with Gasteiger partial charge in [0.1, 0.15) is 0 Å². The minimum Gasteiger partial charge on any atom is -0.323 e. The molecule has 0 radical (unpaired) electrons.